The highest BCUT2D eigenvalue weighted by Crippen LogP contribution is 2.34. The third kappa shape index (κ3) is 3.49. The fraction of sp³-hybridized carbons (Fsp3) is 0.278. The Bertz CT molecular complexity index is 863. The van der Waals surface area contributed by atoms with Gasteiger partial charge in [0.05, 0.1) is 6.26 Å². The number of rotatable bonds is 4. The van der Waals surface area contributed by atoms with Crippen molar-refractivity contribution in [3.05, 3.63) is 65.2 Å². The maximum absolute atomic E-state index is 12.9. The minimum absolute atomic E-state index is 0.0323. The van der Waals surface area contributed by atoms with Crippen molar-refractivity contribution in [3.63, 3.8) is 0 Å². The third-order valence-electron chi connectivity index (χ3n) is 4.14. The Kier molecular flexibility index (Phi) is 4.43. The second-order valence-electron chi connectivity index (χ2n) is 6.15. The number of fused-ring (bicyclic) bond motifs is 1. The average molecular weight is 344 g/mol. The van der Waals surface area contributed by atoms with E-state index in [1.54, 1.807) is 4.90 Å². The first-order valence-electron chi connectivity index (χ1n) is 7.80. The molecular weight excluding hydrogens is 324 g/mol. The largest absolute Gasteiger partial charge is 0.305 e. The summed E-state index contributed by atoms with van der Waals surface area (Å²) >= 11 is 0. The Morgan fingerprint density at radius 2 is 1.92 bits per heavy atom. The number of amides is 1. The van der Waals surface area contributed by atoms with Crippen LogP contribution < -0.4 is 9.62 Å². The van der Waals surface area contributed by atoms with Crippen molar-refractivity contribution in [1.29, 1.82) is 0 Å². The first-order valence-corrected chi connectivity index (χ1v) is 9.69. The number of hydrogen-bond donors (Lipinski definition) is 1. The smallest absolute Gasteiger partial charge is 0.258 e. The molecule has 0 saturated heterocycles. The predicted octanol–water partition coefficient (Wildman–Crippen LogP) is 2.33. The van der Waals surface area contributed by atoms with E-state index in [9.17, 15) is 13.2 Å². The fourth-order valence-corrected chi connectivity index (χ4v) is 3.44. The Morgan fingerprint density at radius 1 is 1.21 bits per heavy atom. The highest BCUT2D eigenvalue weighted by molar-refractivity contribution is 7.88. The number of carbonyl (C=O) groups excluding carboxylic acids is 1. The molecule has 1 heterocycles. The lowest BCUT2D eigenvalue weighted by Gasteiger charge is -2.23. The van der Waals surface area contributed by atoms with E-state index in [2.05, 4.69) is 4.72 Å². The van der Waals surface area contributed by atoms with E-state index in [1.807, 2.05) is 55.5 Å². The van der Waals surface area contributed by atoms with Gasteiger partial charge in [-0.1, -0.05) is 30.3 Å². The topological polar surface area (TPSA) is 66.5 Å². The van der Waals surface area contributed by atoms with E-state index in [4.69, 9.17) is 0 Å². The summed E-state index contributed by atoms with van der Waals surface area (Å²) in [7, 11) is -3.25. The summed E-state index contributed by atoms with van der Waals surface area (Å²) in [6.07, 6.45) is 1.93. The minimum Gasteiger partial charge on any atom is -0.305 e. The molecule has 0 aromatic heterocycles. The number of nitrogens with zero attached hydrogens (tertiary/aromatic N) is 1. The predicted molar refractivity (Wildman–Crippen MR) is 94.5 cm³/mol. The highest BCUT2D eigenvalue weighted by Gasteiger charge is 2.31. The molecule has 1 N–H and O–H groups in total. The first kappa shape index (κ1) is 16.7. The molecule has 1 aliphatic rings. The number of hydrogen-bond acceptors (Lipinski definition) is 3. The zero-order valence-corrected chi connectivity index (χ0v) is 14.5. The molecular formula is C18H20N2O3S. The van der Waals surface area contributed by atoms with Crippen LogP contribution in [0, 0.1) is 0 Å². The van der Waals surface area contributed by atoms with Crippen molar-refractivity contribution < 1.29 is 13.2 Å². The van der Waals surface area contributed by atoms with Crippen LogP contribution in [-0.4, -0.2) is 26.6 Å². The standard InChI is InChI=1S/C18H20N2O3S/c1-13-10-16-9-8-14(12-19-24(2,22)23)11-17(16)20(13)18(21)15-6-4-3-5-7-15/h3-9,11,13,19H,10,12H2,1-2H3/t13-/m0/s1. The van der Waals surface area contributed by atoms with Crippen LogP contribution in [0.25, 0.3) is 0 Å². The van der Waals surface area contributed by atoms with Gasteiger partial charge in [0, 0.05) is 23.8 Å². The van der Waals surface area contributed by atoms with E-state index in [0.717, 1.165) is 29.5 Å². The van der Waals surface area contributed by atoms with Crippen molar-refractivity contribution in [2.24, 2.45) is 0 Å². The van der Waals surface area contributed by atoms with Gasteiger partial charge in [0.25, 0.3) is 5.91 Å². The molecule has 0 spiro atoms. The van der Waals surface area contributed by atoms with Gasteiger partial charge in [0.1, 0.15) is 0 Å². The van der Waals surface area contributed by atoms with Crippen molar-refractivity contribution in [3.8, 4) is 0 Å². The van der Waals surface area contributed by atoms with Crippen LogP contribution in [0.5, 0.6) is 0 Å². The van der Waals surface area contributed by atoms with Crippen LogP contribution in [0.3, 0.4) is 0 Å². The lowest BCUT2D eigenvalue weighted by molar-refractivity contribution is 0.0981. The number of carbonyl (C=O) groups is 1. The van der Waals surface area contributed by atoms with Gasteiger partial charge in [0.2, 0.25) is 10.0 Å². The van der Waals surface area contributed by atoms with Crippen molar-refractivity contribution in [1.82, 2.24) is 4.72 Å². The van der Waals surface area contributed by atoms with Crippen LogP contribution in [0.15, 0.2) is 48.5 Å². The molecule has 0 unspecified atom stereocenters. The third-order valence-corrected chi connectivity index (χ3v) is 4.81. The first-order chi connectivity index (χ1) is 11.3. The summed E-state index contributed by atoms with van der Waals surface area (Å²) in [6.45, 7) is 2.24. The van der Waals surface area contributed by atoms with Crippen LogP contribution in [0.2, 0.25) is 0 Å². The second-order valence-corrected chi connectivity index (χ2v) is 7.98. The molecule has 0 saturated carbocycles. The van der Waals surface area contributed by atoms with Gasteiger partial charge in [-0.05, 0) is 42.7 Å². The van der Waals surface area contributed by atoms with Gasteiger partial charge < -0.3 is 4.90 Å². The van der Waals surface area contributed by atoms with Gasteiger partial charge in [-0.3, -0.25) is 4.79 Å². The van der Waals surface area contributed by atoms with Crippen molar-refractivity contribution in [2.45, 2.75) is 25.9 Å². The molecule has 2 aromatic carbocycles. The SMILES string of the molecule is C[C@H]1Cc2ccc(CNS(C)(=O)=O)cc2N1C(=O)c1ccccc1. The van der Waals surface area contributed by atoms with E-state index >= 15 is 0 Å². The summed E-state index contributed by atoms with van der Waals surface area (Å²) in [5.41, 5.74) is 3.45. The van der Waals surface area contributed by atoms with E-state index in [0.29, 0.717) is 5.56 Å². The minimum atomic E-state index is -3.25. The van der Waals surface area contributed by atoms with Crippen LogP contribution in [0.1, 0.15) is 28.4 Å². The fourth-order valence-electron chi connectivity index (χ4n) is 3.01. The number of nitrogens with one attached hydrogen (secondary N) is 1. The Balaban J connectivity index is 1.91. The lowest BCUT2D eigenvalue weighted by Crippen LogP contribution is -2.35. The van der Waals surface area contributed by atoms with Gasteiger partial charge in [-0.2, -0.15) is 0 Å². The maximum atomic E-state index is 12.9. The molecule has 0 bridgehead atoms. The molecule has 3 rings (SSSR count). The highest BCUT2D eigenvalue weighted by atomic mass is 32.2. The van der Waals surface area contributed by atoms with Crippen LogP contribution in [-0.2, 0) is 23.0 Å². The van der Waals surface area contributed by atoms with Crippen LogP contribution >= 0.6 is 0 Å². The van der Waals surface area contributed by atoms with Crippen molar-refractivity contribution >= 4 is 21.6 Å². The summed E-state index contributed by atoms with van der Waals surface area (Å²) < 4.78 is 25.0. The normalized spacial score (nSPS) is 16.9. The quantitative estimate of drug-likeness (QED) is 0.926. The van der Waals surface area contributed by atoms with Gasteiger partial charge in [-0.25, -0.2) is 13.1 Å². The summed E-state index contributed by atoms with van der Waals surface area (Å²) in [5, 5.41) is 0. The number of sulfonamides is 1. The van der Waals surface area contributed by atoms with Crippen molar-refractivity contribution in [2.75, 3.05) is 11.2 Å². The molecule has 126 valence electrons. The molecule has 2 aromatic rings. The summed E-state index contributed by atoms with van der Waals surface area (Å²) in [4.78, 5) is 14.7. The molecule has 1 amide bonds. The van der Waals surface area contributed by atoms with E-state index in [-0.39, 0.29) is 18.5 Å². The molecule has 24 heavy (non-hydrogen) atoms. The van der Waals surface area contributed by atoms with Gasteiger partial charge >= 0.3 is 0 Å². The van der Waals surface area contributed by atoms with Gasteiger partial charge in [-0.15, -0.1) is 0 Å². The molecule has 0 radical (unpaired) electrons. The Morgan fingerprint density at radius 3 is 2.58 bits per heavy atom. The zero-order chi connectivity index (χ0) is 17.3. The number of anilines is 1. The Labute approximate surface area is 142 Å². The molecule has 5 nitrogen and oxygen atoms in total. The zero-order valence-electron chi connectivity index (χ0n) is 13.7. The summed E-state index contributed by atoms with van der Waals surface area (Å²) in [6, 6.07) is 15.0. The molecule has 1 aliphatic heterocycles. The molecule has 1 atom stereocenters. The second kappa shape index (κ2) is 6.37. The average Bonchev–Trinajstić information content (AvgIpc) is 2.87. The molecule has 0 fully saturated rings. The van der Waals surface area contributed by atoms with E-state index in [1.165, 1.54) is 0 Å². The maximum Gasteiger partial charge on any atom is 0.258 e. The lowest BCUT2D eigenvalue weighted by atomic mass is 10.1. The van der Waals surface area contributed by atoms with E-state index < -0.39 is 10.0 Å². The molecule has 0 aliphatic carbocycles. The Hall–Kier alpha value is -2.18. The van der Waals surface area contributed by atoms with Gasteiger partial charge in [0.15, 0.2) is 0 Å². The van der Waals surface area contributed by atoms with Crippen LogP contribution in [0.4, 0.5) is 5.69 Å². The monoisotopic (exact) mass is 344 g/mol. The number of benzene rings is 2. The summed E-state index contributed by atoms with van der Waals surface area (Å²) in [5.74, 6) is -0.0323. The molecule has 6 heteroatoms.